The van der Waals surface area contributed by atoms with Gasteiger partial charge in [-0.3, -0.25) is 0 Å². The predicted octanol–water partition coefficient (Wildman–Crippen LogP) is 3.42. The molecule has 1 N–H and O–H groups in total. The standard InChI is InChI=1S/C16H19NO3S/c1-11-9-13(11)15-8-7-12(20-15)10-17-14-5-3-4-6-16(14)21(2,18)19/h3-8,11,13,17H,9-10H2,1-2H3. The Kier molecular flexibility index (Phi) is 3.53. The summed E-state index contributed by atoms with van der Waals surface area (Å²) in [6.45, 7) is 2.70. The van der Waals surface area contributed by atoms with Crippen LogP contribution in [0.15, 0.2) is 45.7 Å². The SMILES string of the molecule is CC1CC1c1ccc(CNc2ccccc2S(C)(=O)=O)o1. The van der Waals surface area contributed by atoms with Gasteiger partial charge in [-0.25, -0.2) is 8.42 Å². The van der Waals surface area contributed by atoms with Crippen LogP contribution < -0.4 is 5.32 Å². The summed E-state index contributed by atoms with van der Waals surface area (Å²) in [7, 11) is -3.24. The second-order valence-electron chi connectivity index (χ2n) is 5.75. The van der Waals surface area contributed by atoms with E-state index in [4.69, 9.17) is 4.42 Å². The first-order chi connectivity index (χ1) is 9.95. The van der Waals surface area contributed by atoms with Crippen LogP contribution in [0.2, 0.25) is 0 Å². The van der Waals surface area contributed by atoms with E-state index in [9.17, 15) is 8.42 Å². The molecule has 4 nitrogen and oxygen atoms in total. The van der Waals surface area contributed by atoms with Crippen LogP contribution in [-0.2, 0) is 16.4 Å². The van der Waals surface area contributed by atoms with Crippen LogP contribution in [-0.4, -0.2) is 14.7 Å². The summed E-state index contributed by atoms with van der Waals surface area (Å²) < 4.78 is 29.3. The van der Waals surface area contributed by atoms with E-state index in [1.54, 1.807) is 18.2 Å². The highest BCUT2D eigenvalue weighted by molar-refractivity contribution is 7.90. The molecule has 1 aliphatic carbocycles. The van der Waals surface area contributed by atoms with E-state index in [0.29, 0.717) is 29.0 Å². The van der Waals surface area contributed by atoms with Crippen LogP contribution in [0.5, 0.6) is 0 Å². The maximum Gasteiger partial charge on any atom is 0.177 e. The Balaban J connectivity index is 1.72. The highest BCUT2D eigenvalue weighted by atomic mass is 32.2. The molecule has 1 fully saturated rings. The van der Waals surface area contributed by atoms with Crippen molar-refractivity contribution in [1.29, 1.82) is 0 Å². The number of anilines is 1. The second kappa shape index (κ2) is 5.22. The average molecular weight is 305 g/mol. The van der Waals surface area contributed by atoms with Gasteiger partial charge in [0.2, 0.25) is 0 Å². The monoisotopic (exact) mass is 305 g/mol. The molecule has 0 bridgehead atoms. The minimum Gasteiger partial charge on any atom is -0.464 e. The van der Waals surface area contributed by atoms with Gasteiger partial charge in [0.05, 0.1) is 17.1 Å². The third-order valence-corrected chi connectivity index (χ3v) is 5.05. The lowest BCUT2D eigenvalue weighted by Crippen LogP contribution is -2.05. The molecular weight excluding hydrogens is 286 g/mol. The summed E-state index contributed by atoms with van der Waals surface area (Å²) >= 11 is 0. The van der Waals surface area contributed by atoms with Gasteiger partial charge in [0.25, 0.3) is 0 Å². The van der Waals surface area contributed by atoms with E-state index >= 15 is 0 Å². The zero-order valence-corrected chi connectivity index (χ0v) is 13.0. The van der Waals surface area contributed by atoms with Gasteiger partial charge in [-0.1, -0.05) is 19.1 Å². The van der Waals surface area contributed by atoms with Crippen molar-refractivity contribution < 1.29 is 12.8 Å². The van der Waals surface area contributed by atoms with Crippen molar-refractivity contribution >= 4 is 15.5 Å². The molecule has 2 unspecified atom stereocenters. The number of para-hydroxylation sites is 1. The molecule has 0 saturated heterocycles. The Hall–Kier alpha value is -1.75. The molecular formula is C16H19NO3S. The number of nitrogens with one attached hydrogen (secondary N) is 1. The lowest BCUT2D eigenvalue weighted by atomic mass is 10.3. The smallest absolute Gasteiger partial charge is 0.177 e. The van der Waals surface area contributed by atoms with Crippen molar-refractivity contribution in [3.63, 3.8) is 0 Å². The number of rotatable bonds is 5. The average Bonchev–Trinajstić information content (AvgIpc) is 2.99. The Labute approximate surface area is 125 Å². The molecule has 2 atom stereocenters. The minimum absolute atomic E-state index is 0.313. The van der Waals surface area contributed by atoms with Gasteiger partial charge < -0.3 is 9.73 Å². The lowest BCUT2D eigenvalue weighted by molar-refractivity contribution is 0.468. The largest absolute Gasteiger partial charge is 0.464 e. The molecule has 21 heavy (non-hydrogen) atoms. The van der Waals surface area contributed by atoms with Gasteiger partial charge in [0.1, 0.15) is 11.5 Å². The molecule has 0 radical (unpaired) electrons. The summed E-state index contributed by atoms with van der Waals surface area (Å²) in [6.07, 6.45) is 2.41. The fraction of sp³-hybridized carbons (Fsp3) is 0.375. The zero-order chi connectivity index (χ0) is 15.0. The highest BCUT2D eigenvalue weighted by Gasteiger charge is 2.36. The van der Waals surface area contributed by atoms with E-state index in [1.165, 1.54) is 12.7 Å². The zero-order valence-electron chi connectivity index (χ0n) is 12.2. The van der Waals surface area contributed by atoms with E-state index in [1.807, 2.05) is 18.2 Å². The molecule has 0 amide bonds. The van der Waals surface area contributed by atoms with E-state index < -0.39 is 9.84 Å². The molecule has 3 rings (SSSR count). The number of sulfone groups is 1. The maximum absolute atomic E-state index is 11.7. The maximum atomic E-state index is 11.7. The van der Waals surface area contributed by atoms with Crippen LogP contribution in [0, 0.1) is 5.92 Å². The van der Waals surface area contributed by atoms with E-state index in [0.717, 1.165) is 11.5 Å². The number of benzene rings is 1. The minimum atomic E-state index is -3.24. The Morgan fingerprint density at radius 3 is 2.62 bits per heavy atom. The first-order valence-corrected chi connectivity index (χ1v) is 8.96. The Bertz CT molecular complexity index is 748. The summed E-state index contributed by atoms with van der Waals surface area (Å²) in [6, 6.07) is 10.9. The van der Waals surface area contributed by atoms with Crippen LogP contribution in [0.25, 0.3) is 0 Å². The molecule has 1 aromatic carbocycles. The van der Waals surface area contributed by atoms with Crippen LogP contribution >= 0.6 is 0 Å². The summed E-state index contributed by atoms with van der Waals surface area (Å²) in [5.74, 6) is 3.13. The van der Waals surface area contributed by atoms with Crippen LogP contribution in [0.3, 0.4) is 0 Å². The first kappa shape index (κ1) is 14.2. The number of hydrogen-bond donors (Lipinski definition) is 1. The quantitative estimate of drug-likeness (QED) is 0.919. The summed E-state index contributed by atoms with van der Waals surface area (Å²) in [5.41, 5.74) is 0.609. The van der Waals surface area contributed by atoms with Gasteiger partial charge >= 0.3 is 0 Å². The van der Waals surface area contributed by atoms with Gasteiger partial charge in [0.15, 0.2) is 9.84 Å². The van der Waals surface area contributed by atoms with Gasteiger partial charge in [0, 0.05) is 12.2 Å². The molecule has 1 aliphatic rings. The fourth-order valence-corrected chi connectivity index (χ4v) is 3.39. The molecule has 2 aromatic rings. The normalized spacial score (nSPS) is 21.2. The first-order valence-electron chi connectivity index (χ1n) is 7.06. The van der Waals surface area contributed by atoms with Crippen molar-refractivity contribution in [2.75, 3.05) is 11.6 Å². The fourth-order valence-electron chi connectivity index (χ4n) is 2.53. The Morgan fingerprint density at radius 2 is 1.95 bits per heavy atom. The molecule has 1 aromatic heterocycles. The molecule has 112 valence electrons. The van der Waals surface area contributed by atoms with Gasteiger partial charge in [-0.05, 0) is 36.6 Å². The molecule has 5 heteroatoms. The van der Waals surface area contributed by atoms with Crippen molar-refractivity contribution in [3.05, 3.63) is 47.9 Å². The van der Waals surface area contributed by atoms with Crippen LogP contribution in [0.4, 0.5) is 5.69 Å². The number of hydrogen-bond acceptors (Lipinski definition) is 4. The number of furan rings is 1. The second-order valence-corrected chi connectivity index (χ2v) is 7.73. The van der Waals surface area contributed by atoms with Crippen molar-refractivity contribution in [2.45, 2.75) is 30.7 Å². The van der Waals surface area contributed by atoms with Crippen LogP contribution in [0.1, 0.15) is 30.8 Å². The molecule has 1 heterocycles. The summed E-state index contributed by atoms with van der Waals surface area (Å²) in [5, 5.41) is 3.15. The van der Waals surface area contributed by atoms with Crippen molar-refractivity contribution in [2.24, 2.45) is 5.92 Å². The highest BCUT2D eigenvalue weighted by Crippen LogP contribution is 2.47. The van der Waals surface area contributed by atoms with Gasteiger partial charge in [-0.2, -0.15) is 0 Å². The molecule has 0 aliphatic heterocycles. The van der Waals surface area contributed by atoms with Crippen molar-refractivity contribution in [3.8, 4) is 0 Å². The van der Waals surface area contributed by atoms with Crippen molar-refractivity contribution in [1.82, 2.24) is 0 Å². The third kappa shape index (κ3) is 3.13. The van der Waals surface area contributed by atoms with Gasteiger partial charge in [-0.15, -0.1) is 0 Å². The summed E-state index contributed by atoms with van der Waals surface area (Å²) in [4.78, 5) is 0.313. The lowest BCUT2D eigenvalue weighted by Gasteiger charge is -2.09. The topological polar surface area (TPSA) is 59.3 Å². The van der Waals surface area contributed by atoms with E-state index in [-0.39, 0.29) is 0 Å². The molecule has 1 saturated carbocycles. The Morgan fingerprint density at radius 1 is 1.24 bits per heavy atom. The molecule has 0 spiro atoms. The van der Waals surface area contributed by atoms with E-state index in [2.05, 4.69) is 12.2 Å². The third-order valence-electron chi connectivity index (χ3n) is 3.90. The predicted molar refractivity (Wildman–Crippen MR) is 82.1 cm³/mol.